The number of fused-ring (bicyclic) bond motifs is 3. The molecule has 0 fully saturated rings. The van der Waals surface area contributed by atoms with Crippen LogP contribution in [0.1, 0.15) is 54.6 Å². The highest BCUT2D eigenvalue weighted by molar-refractivity contribution is 5.79. The van der Waals surface area contributed by atoms with E-state index in [2.05, 4.69) is 61.2 Å². The van der Waals surface area contributed by atoms with Gasteiger partial charge >= 0.3 is 0 Å². The quantitative estimate of drug-likeness (QED) is 0.484. The second kappa shape index (κ2) is 8.97. The first-order chi connectivity index (χ1) is 18.6. The molecule has 0 amide bonds. The number of nitrogen functional groups attached to an aromatic ring is 1. The molecule has 0 spiro atoms. The van der Waals surface area contributed by atoms with Crippen LogP contribution in [0.2, 0.25) is 0 Å². The summed E-state index contributed by atoms with van der Waals surface area (Å²) in [5, 5.41) is 11.6. The largest absolute Gasteiger partial charge is 0.383 e. The zero-order valence-corrected chi connectivity index (χ0v) is 21.3. The van der Waals surface area contributed by atoms with E-state index in [1.165, 1.54) is 5.56 Å². The Balaban J connectivity index is 1.22. The van der Waals surface area contributed by atoms with Crippen LogP contribution < -0.4 is 16.4 Å². The molecule has 0 saturated heterocycles. The molecule has 194 valence electrons. The summed E-state index contributed by atoms with van der Waals surface area (Å²) >= 11 is 0. The van der Waals surface area contributed by atoms with E-state index < -0.39 is 0 Å². The summed E-state index contributed by atoms with van der Waals surface area (Å²) in [4.78, 5) is 28.3. The van der Waals surface area contributed by atoms with E-state index in [1.807, 2.05) is 6.07 Å². The van der Waals surface area contributed by atoms with Gasteiger partial charge in [0.2, 0.25) is 11.9 Å². The number of allylic oxidation sites excluding steroid dienone is 2. The Bertz CT molecular complexity index is 1470. The van der Waals surface area contributed by atoms with Crippen molar-refractivity contribution in [2.75, 3.05) is 29.5 Å². The van der Waals surface area contributed by atoms with Crippen LogP contribution in [0.4, 0.5) is 23.3 Å². The van der Waals surface area contributed by atoms with Crippen molar-refractivity contribution in [2.45, 2.75) is 56.8 Å². The lowest BCUT2D eigenvalue weighted by atomic mass is 9.73. The minimum absolute atomic E-state index is 0.176. The van der Waals surface area contributed by atoms with Gasteiger partial charge in [-0.05, 0) is 61.8 Å². The number of aromatic nitrogens is 5. The SMILES string of the molecule is Nc1nc(Nc2cnc3c(c2)CCC(=O)CCC3)nn1-c1cc(C23C=CN(C=C2)CC3)c2c(n1)CCCN2. The maximum atomic E-state index is 12.0. The predicted octanol–water partition coefficient (Wildman–Crippen LogP) is 3.56. The molecule has 0 atom stereocenters. The van der Waals surface area contributed by atoms with Crippen LogP contribution in [0, 0.1) is 0 Å². The number of ketones is 1. The van der Waals surface area contributed by atoms with Crippen molar-refractivity contribution >= 4 is 29.1 Å². The Kier molecular flexibility index (Phi) is 5.41. The van der Waals surface area contributed by atoms with E-state index in [-0.39, 0.29) is 11.4 Å². The van der Waals surface area contributed by atoms with E-state index in [0.717, 1.165) is 73.5 Å². The van der Waals surface area contributed by atoms with Gasteiger partial charge in [-0.1, -0.05) is 12.2 Å². The van der Waals surface area contributed by atoms with Crippen LogP contribution >= 0.6 is 0 Å². The highest BCUT2D eigenvalue weighted by Gasteiger charge is 2.37. The van der Waals surface area contributed by atoms with Crippen LogP contribution in [0.25, 0.3) is 5.82 Å². The Morgan fingerprint density at radius 3 is 2.71 bits per heavy atom. The standard InChI is InChI=1S/C28H31N9O/c29-26-34-27(32-19-15-18-6-7-20(38)3-1-4-22(18)31-17-19)35-37(26)24-16-21(25-23(33-24)5-2-11-30-25)28-8-12-36(13-9-28)14-10-28/h8-9,12-13,15-17,30H,1-7,10-11,14H2,(H3,29,32,34,35). The molecule has 0 unspecified atom stereocenters. The fourth-order valence-electron chi connectivity index (χ4n) is 5.99. The zero-order valence-electron chi connectivity index (χ0n) is 21.3. The van der Waals surface area contributed by atoms with Gasteiger partial charge in [0.05, 0.1) is 23.3 Å². The molecule has 1 aliphatic carbocycles. The van der Waals surface area contributed by atoms with Gasteiger partial charge in [-0.2, -0.15) is 9.67 Å². The summed E-state index contributed by atoms with van der Waals surface area (Å²) < 4.78 is 1.61. The number of rotatable bonds is 4. The number of aryl methyl sites for hydroxylation is 3. The predicted molar refractivity (Wildman–Crippen MR) is 145 cm³/mol. The number of nitrogens with one attached hydrogen (secondary N) is 2. The number of carbonyl (C=O) groups is 1. The fourth-order valence-corrected chi connectivity index (χ4v) is 5.99. The lowest BCUT2D eigenvalue weighted by molar-refractivity contribution is -0.119. The summed E-state index contributed by atoms with van der Waals surface area (Å²) in [5.74, 6) is 1.63. The smallest absolute Gasteiger partial charge is 0.248 e. The first kappa shape index (κ1) is 22.9. The molecule has 5 aliphatic rings. The highest BCUT2D eigenvalue weighted by atomic mass is 16.1. The van der Waals surface area contributed by atoms with Crippen LogP contribution in [-0.2, 0) is 29.5 Å². The molecule has 2 bridgehead atoms. The Morgan fingerprint density at radius 2 is 1.87 bits per heavy atom. The van der Waals surface area contributed by atoms with Crippen molar-refractivity contribution in [3.05, 3.63) is 65.4 Å². The van der Waals surface area contributed by atoms with Gasteiger partial charge in [-0.15, -0.1) is 5.10 Å². The topological polar surface area (TPSA) is 127 Å². The lowest BCUT2D eigenvalue weighted by Gasteiger charge is -2.41. The van der Waals surface area contributed by atoms with E-state index in [4.69, 9.17) is 10.7 Å². The minimum atomic E-state index is -0.176. The van der Waals surface area contributed by atoms with E-state index in [9.17, 15) is 4.79 Å². The first-order valence-electron chi connectivity index (χ1n) is 13.5. The van der Waals surface area contributed by atoms with E-state index in [0.29, 0.717) is 36.8 Å². The van der Waals surface area contributed by atoms with Crippen LogP contribution in [0.15, 0.2) is 42.9 Å². The van der Waals surface area contributed by atoms with Gasteiger partial charge in [-0.25, -0.2) is 4.98 Å². The molecule has 10 nitrogen and oxygen atoms in total. The monoisotopic (exact) mass is 509 g/mol. The van der Waals surface area contributed by atoms with Gasteiger partial charge in [0.15, 0.2) is 5.82 Å². The Morgan fingerprint density at radius 1 is 1.00 bits per heavy atom. The maximum absolute atomic E-state index is 12.0. The summed E-state index contributed by atoms with van der Waals surface area (Å²) in [6, 6.07) is 4.15. The van der Waals surface area contributed by atoms with Gasteiger partial charge in [0.1, 0.15) is 5.78 Å². The molecule has 3 aromatic rings. The van der Waals surface area contributed by atoms with Gasteiger partial charge in [-0.3, -0.25) is 9.78 Å². The molecule has 4 N–H and O–H groups in total. The van der Waals surface area contributed by atoms with Crippen molar-refractivity contribution in [2.24, 2.45) is 0 Å². The van der Waals surface area contributed by atoms with Crippen molar-refractivity contribution in [1.29, 1.82) is 0 Å². The third-order valence-corrected chi connectivity index (χ3v) is 8.09. The molecule has 0 aromatic carbocycles. The number of carbonyl (C=O) groups excluding carboxylic acids is 1. The minimum Gasteiger partial charge on any atom is -0.383 e. The van der Waals surface area contributed by atoms with Crippen molar-refractivity contribution < 1.29 is 4.79 Å². The van der Waals surface area contributed by atoms with Crippen molar-refractivity contribution in [1.82, 2.24) is 29.6 Å². The van der Waals surface area contributed by atoms with Crippen LogP contribution in [-0.4, -0.2) is 48.5 Å². The Labute approximate surface area is 221 Å². The molecule has 0 saturated carbocycles. The first-order valence-corrected chi connectivity index (χ1v) is 13.5. The number of pyridine rings is 2. The van der Waals surface area contributed by atoms with Gasteiger partial charge in [0, 0.05) is 49.4 Å². The molecule has 7 heterocycles. The van der Waals surface area contributed by atoms with Crippen molar-refractivity contribution in [3.63, 3.8) is 0 Å². The fraction of sp³-hybridized carbons (Fsp3) is 0.393. The molecule has 10 heteroatoms. The molecule has 8 rings (SSSR count). The summed E-state index contributed by atoms with van der Waals surface area (Å²) in [6.45, 7) is 1.93. The number of Topliss-reactive ketones (excluding diaryl/α,β-unsaturated/α-hetero) is 1. The molecule has 38 heavy (non-hydrogen) atoms. The highest BCUT2D eigenvalue weighted by Crippen LogP contribution is 2.44. The summed E-state index contributed by atoms with van der Waals surface area (Å²) in [7, 11) is 0. The second-order valence-corrected chi connectivity index (χ2v) is 10.6. The van der Waals surface area contributed by atoms with Crippen molar-refractivity contribution in [3.8, 4) is 5.82 Å². The number of nitrogens with zero attached hydrogens (tertiary/aromatic N) is 6. The number of hydrogen-bond donors (Lipinski definition) is 3. The number of anilines is 4. The van der Waals surface area contributed by atoms with Crippen LogP contribution in [0.5, 0.6) is 0 Å². The van der Waals surface area contributed by atoms with E-state index in [1.54, 1.807) is 10.9 Å². The van der Waals surface area contributed by atoms with Gasteiger partial charge < -0.3 is 21.3 Å². The maximum Gasteiger partial charge on any atom is 0.248 e. The third kappa shape index (κ3) is 4.00. The third-order valence-electron chi connectivity index (χ3n) is 8.09. The molecule has 0 radical (unpaired) electrons. The Hall–Kier alpha value is -4.21. The molecular formula is C28H31N9O. The van der Waals surface area contributed by atoms with E-state index >= 15 is 0 Å². The summed E-state index contributed by atoms with van der Waals surface area (Å²) in [5.41, 5.74) is 12.5. The second-order valence-electron chi connectivity index (χ2n) is 10.6. The molecule has 3 aromatic heterocycles. The average molecular weight is 510 g/mol. The average Bonchev–Trinajstić information content (AvgIpc) is 3.31. The lowest BCUT2D eigenvalue weighted by Crippen LogP contribution is -2.37. The zero-order chi connectivity index (χ0) is 25.7. The van der Waals surface area contributed by atoms with Gasteiger partial charge in [0.25, 0.3) is 0 Å². The molecule has 4 aliphatic heterocycles. The normalized spacial score (nSPS) is 19.4. The summed E-state index contributed by atoms with van der Waals surface area (Å²) in [6.07, 6.45) is 17.2. The number of nitrogens with two attached hydrogens (primary N) is 1. The molecular weight excluding hydrogens is 478 g/mol. The number of hydrogen-bond acceptors (Lipinski definition) is 9. The van der Waals surface area contributed by atoms with Crippen LogP contribution in [0.3, 0.4) is 0 Å².